The zero-order chi connectivity index (χ0) is 11.8. The third-order valence-electron chi connectivity index (χ3n) is 4.57. The quantitative estimate of drug-likeness (QED) is 0.866. The normalized spacial score (nSPS) is 36.1. The van der Waals surface area contributed by atoms with Gasteiger partial charge in [0.05, 0.1) is 0 Å². The summed E-state index contributed by atoms with van der Waals surface area (Å²) in [7, 11) is 0. The fourth-order valence-corrected chi connectivity index (χ4v) is 4.76. The van der Waals surface area contributed by atoms with Crippen LogP contribution in [0.5, 0.6) is 0 Å². The van der Waals surface area contributed by atoms with Crippen molar-refractivity contribution < 1.29 is 0 Å². The molecular formula is C15H21NS. The summed E-state index contributed by atoms with van der Waals surface area (Å²) in [4.78, 5) is 1.51. The standard InChI is InChI=1S/C15H21NS/c1-10-11(6-7-14(10)16)8-13-9-12-4-2-3-5-15(12)17-13/h2-5,10-11,13-14H,6-9,16H2,1H3. The number of benzene rings is 1. The number of thioether (sulfide) groups is 1. The fourth-order valence-electron chi connectivity index (χ4n) is 3.34. The minimum absolute atomic E-state index is 0.453. The molecule has 0 amide bonds. The predicted octanol–water partition coefficient (Wildman–Crippen LogP) is 3.47. The van der Waals surface area contributed by atoms with Gasteiger partial charge in [-0.2, -0.15) is 0 Å². The van der Waals surface area contributed by atoms with Crippen molar-refractivity contribution in [2.75, 3.05) is 0 Å². The minimum atomic E-state index is 0.453. The van der Waals surface area contributed by atoms with Crippen molar-refractivity contribution in [2.45, 2.75) is 48.8 Å². The van der Waals surface area contributed by atoms with E-state index in [-0.39, 0.29) is 0 Å². The molecule has 1 heterocycles. The molecule has 2 N–H and O–H groups in total. The van der Waals surface area contributed by atoms with Gasteiger partial charge in [0.25, 0.3) is 0 Å². The Morgan fingerprint density at radius 2 is 2.12 bits per heavy atom. The Hall–Kier alpha value is -0.470. The highest BCUT2D eigenvalue weighted by Gasteiger charge is 2.33. The largest absolute Gasteiger partial charge is 0.327 e. The van der Waals surface area contributed by atoms with Gasteiger partial charge in [0.1, 0.15) is 0 Å². The van der Waals surface area contributed by atoms with Gasteiger partial charge >= 0.3 is 0 Å². The first kappa shape index (κ1) is 11.6. The second-order valence-corrected chi connectivity index (χ2v) is 6.99. The molecule has 0 bridgehead atoms. The second kappa shape index (κ2) is 4.66. The van der Waals surface area contributed by atoms with E-state index in [1.54, 1.807) is 5.56 Å². The zero-order valence-corrected chi connectivity index (χ0v) is 11.2. The number of hydrogen-bond acceptors (Lipinski definition) is 2. The summed E-state index contributed by atoms with van der Waals surface area (Å²) in [6.45, 7) is 2.34. The molecule has 3 rings (SSSR count). The number of fused-ring (bicyclic) bond motifs is 1. The molecule has 2 aliphatic rings. The summed E-state index contributed by atoms with van der Waals surface area (Å²) in [5.74, 6) is 1.58. The maximum atomic E-state index is 6.12. The van der Waals surface area contributed by atoms with Crippen molar-refractivity contribution >= 4 is 11.8 Å². The van der Waals surface area contributed by atoms with Crippen LogP contribution in [0.2, 0.25) is 0 Å². The Morgan fingerprint density at radius 3 is 2.82 bits per heavy atom. The molecule has 1 saturated carbocycles. The van der Waals surface area contributed by atoms with E-state index < -0.39 is 0 Å². The summed E-state index contributed by atoms with van der Waals surface area (Å²) in [6.07, 6.45) is 5.19. The Balaban J connectivity index is 1.62. The van der Waals surface area contributed by atoms with Crippen LogP contribution >= 0.6 is 11.8 Å². The lowest BCUT2D eigenvalue weighted by molar-refractivity contribution is 0.366. The Kier molecular flexibility index (Phi) is 3.18. The third kappa shape index (κ3) is 2.25. The zero-order valence-electron chi connectivity index (χ0n) is 10.4. The Labute approximate surface area is 108 Å². The van der Waals surface area contributed by atoms with Crippen LogP contribution in [0.1, 0.15) is 31.7 Å². The lowest BCUT2D eigenvalue weighted by atomic mass is 9.90. The van der Waals surface area contributed by atoms with Crippen molar-refractivity contribution in [2.24, 2.45) is 17.6 Å². The summed E-state index contributed by atoms with van der Waals surface area (Å²) < 4.78 is 0. The monoisotopic (exact) mass is 247 g/mol. The number of hydrogen-bond donors (Lipinski definition) is 1. The van der Waals surface area contributed by atoms with Crippen LogP contribution in [-0.2, 0) is 6.42 Å². The first-order valence-electron chi connectivity index (χ1n) is 6.74. The van der Waals surface area contributed by atoms with Crippen LogP contribution < -0.4 is 5.73 Å². The van der Waals surface area contributed by atoms with Gasteiger partial charge in [0, 0.05) is 16.2 Å². The molecule has 2 heteroatoms. The highest BCUT2D eigenvalue weighted by atomic mass is 32.2. The van der Waals surface area contributed by atoms with Gasteiger partial charge < -0.3 is 5.73 Å². The highest BCUT2D eigenvalue weighted by Crippen LogP contribution is 2.43. The molecule has 17 heavy (non-hydrogen) atoms. The van der Waals surface area contributed by atoms with Crippen LogP contribution in [0.4, 0.5) is 0 Å². The van der Waals surface area contributed by atoms with Gasteiger partial charge in [0.2, 0.25) is 0 Å². The van der Waals surface area contributed by atoms with E-state index >= 15 is 0 Å². The lowest BCUT2D eigenvalue weighted by Gasteiger charge is -2.20. The van der Waals surface area contributed by atoms with Gasteiger partial charge in [-0.15, -0.1) is 11.8 Å². The molecule has 1 fully saturated rings. The van der Waals surface area contributed by atoms with Gasteiger partial charge in [0.15, 0.2) is 0 Å². The SMILES string of the molecule is CC1C(N)CCC1CC1Cc2ccccc2S1. The average Bonchev–Trinajstić information content (AvgIpc) is 2.87. The van der Waals surface area contributed by atoms with Crippen molar-refractivity contribution in [3.8, 4) is 0 Å². The van der Waals surface area contributed by atoms with Crippen LogP contribution in [0.3, 0.4) is 0 Å². The van der Waals surface area contributed by atoms with Crippen LogP contribution in [-0.4, -0.2) is 11.3 Å². The summed E-state index contributed by atoms with van der Waals surface area (Å²) in [5.41, 5.74) is 7.67. The summed E-state index contributed by atoms with van der Waals surface area (Å²) in [5, 5.41) is 0.796. The van der Waals surface area contributed by atoms with Crippen LogP contribution in [0.25, 0.3) is 0 Å². The van der Waals surface area contributed by atoms with E-state index in [1.807, 2.05) is 0 Å². The van der Waals surface area contributed by atoms with Gasteiger partial charge in [-0.05, 0) is 49.1 Å². The number of rotatable bonds is 2. The van der Waals surface area contributed by atoms with Crippen molar-refractivity contribution in [3.63, 3.8) is 0 Å². The molecule has 4 atom stereocenters. The van der Waals surface area contributed by atoms with E-state index in [9.17, 15) is 0 Å². The molecule has 0 aromatic heterocycles. The average molecular weight is 247 g/mol. The maximum absolute atomic E-state index is 6.12. The molecular weight excluding hydrogens is 226 g/mol. The van der Waals surface area contributed by atoms with Crippen molar-refractivity contribution in [1.29, 1.82) is 0 Å². The molecule has 1 aliphatic heterocycles. The van der Waals surface area contributed by atoms with Crippen molar-refractivity contribution in [3.05, 3.63) is 29.8 Å². The first-order valence-corrected chi connectivity index (χ1v) is 7.62. The molecule has 1 nitrogen and oxygen atoms in total. The van der Waals surface area contributed by atoms with E-state index in [0.717, 1.165) is 17.1 Å². The molecule has 0 radical (unpaired) electrons. The van der Waals surface area contributed by atoms with Crippen LogP contribution in [0, 0.1) is 11.8 Å². The smallest absolute Gasteiger partial charge is 0.0138 e. The molecule has 92 valence electrons. The van der Waals surface area contributed by atoms with Gasteiger partial charge in [-0.25, -0.2) is 0 Å². The van der Waals surface area contributed by atoms with Gasteiger partial charge in [-0.1, -0.05) is 25.1 Å². The van der Waals surface area contributed by atoms with Crippen molar-refractivity contribution in [1.82, 2.24) is 0 Å². The maximum Gasteiger partial charge on any atom is 0.0138 e. The molecule has 0 spiro atoms. The van der Waals surface area contributed by atoms with E-state index in [0.29, 0.717) is 6.04 Å². The fraction of sp³-hybridized carbons (Fsp3) is 0.600. The molecule has 1 aromatic rings. The Morgan fingerprint density at radius 1 is 1.29 bits per heavy atom. The molecule has 4 unspecified atom stereocenters. The van der Waals surface area contributed by atoms with E-state index in [1.165, 1.54) is 30.6 Å². The topological polar surface area (TPSA) is 26.0 Å². The third-order valence-corrected chi connectivity index (χ3v) is 5.91. The summed E-state index contributed by atoms with van der Waals surface area (Å²) >= 11 is 2.09. The summed E-state index contributed by atoms with van der Waals surface area (Å²) in [6, 6.07) is 9.32. The molecule has 1 aliphatic carbocycles. The lowest BCUT2D eigenvalue weighted by Crippen LogP contribution is -2.26. The second-order valence-electron chi connectivity index (χ2n) is 5.65. The molecule has 0 saturated heterocycles. The van der Waals surface area contributed by atoms with E-state index in [4.69, 9.17) is 5.73 Å². The van der Waals surface area contributed by atoms with Gasteiger partial charge in [-0.3, -0.25) is 0 Å². The number of nitrogens with two attached hydrogens (primary N) is 1. The van der Waals surface area contributed by atoms with E-state index in [2.05, 4.69) is 43.0 Å². The highest BCUT2D eigenvalue weighted by molar-refractivity contribution is 8.00. The Bertz CT molecular complexity index is 379. The molecule has 1 aromatic carbocycles. The predicted molar refractivity (Wildman–Crippen MR) is 74.3 cm³/mol. The van der Waals surface area contributed by atoms with Crippen LogP contribution in [0.15, 0.2) is 29.2 Å². The minimum Gasteiger partial charge on any atom is -0.327 e. The first-order chi connectivity index (χ1) is 8.24.